The van der Waals surface area contributed by atoms with Gasteiger partial charge in [-0.25, -0.2) is 9.97 Å². The summed E-state index contributed by atoms with van der Waals surface area (Å²) in [6, 6.07) is 14.3. The van der Waals surface area contributed by atoms with Gasteiger partial charge in [0.05, 0.1) is 5.69 Å². The third-order valence-corrected chi connectivity index (χ3v) is 5.47. The Kier molecular flexibility index (Phi) is 5.88. The lowest BCUT2D eigenvalue weighted by Crippen LogP contribution is -2.07. The Hall–Kier alpha value is -4.66. The van der Waals surface area contributed by atoms with Crippen LogP contribution in [-0.4, -0.2) is 32.2 Å². The van der Waals surface area contributed by atoms with Crippen LogP contribution in [-0.2, 0) is 4.79 Å². The number of imidazole rings is 1. The third-order valence-electron chi connectivity index (χ3n) is 5.47. The molecule has 0 saturated carbocycles. The van der Waals surface area contributed by atoms with Crippen molar-refractivity contribution in [3.63, 3.8) is 0 Å². The lowest BCUT2D eigenvalue weighted by atomic mass is 10.2. The standard InChI is InChI=1S/C26H23N5O4/c1-16-17(2)31(14-27-16)24-13-26(29-18(3)28-24)35-21-8-6-20(7-9-21)30-25(32)11-5-19-4-10-22-23(12-19)34-15-33-22/h4-14H,15H2,1-3H3,(H,30,32)/b11-5+. The van der Waals surface area contributed by atoms with Gasteiger partial charge in [0.15, 0.2) is 11.5 Å². The molecule has 9 nitrogen and oxygen atoms in total. The van der Waals surface area contributed by atoms with E-state index in [-0.39, 0.29) is 12.7 Å². The van der Waals surface area contributed by atoms with Crippen molar-refractivity contribution in [3.8, 4) is 28.9 Å². The second-order valence-corrected chi connectivity index (χ2v) is 7.96. The summed E-state index contributed by atoms with van der Waals surface area (Å²) in [5.74, 6) is 3.39. The summed E-state index contributed by atoms with van der Waals surface area (Å²) in [4.78, 5) is 25.5. The highest BCUT2D eigenvalue weighted by Crippen LogP contribution is 2.32. The Balaban J connectivity index is 1.23. The summed E-state index contributed by atoms with van der Waals surface area (Å²) in [5.41, 5.74) is 3.42. The van der Waals surface area contributed by atoms with Crippen LogP contribution in [0.1, 0.15) is 22.8 Å². The largest absolute Gasteiger partial charge is 0.454 e. The predicted molar refractivity (Wildman–Crippen MR) is 130 cm³/mol. The molecule has 0 saturated heterocycles. The van der Waals surface area contributed by atoms with Crippen LogP contribution in [0.25, 0.3) is 11.9 Å². The smallest absolute Gasteiger partial charge is 0.248 e. The average Bonchev–Trinajstić information content (AvgIpc) is 3.44. The quantitative estimate of drug-likeness (QED) is 0.406. The molecule has 0 radical (unpaired) electrons. The van der Waals surface area contributed by atoms with Crippen LogP contribution in [0.2, 0.25) is 0 Å². The second-order valence-electron chi connectivity index (χ2n) is 7.96. The maximum Gasteiger partial charge on any atom is 0.248 e. The van der Waals surface area contributed by atoms with Crippen molar-refractivity contribution in [1.29, 1.82) is 0 Å². The first-order chi connectivity index (χ1) is 16.9. The van der Waals surface area contributed by atoms with Gasteiger partial charge in [0, 0.05) is 23.5 Å². The number of fused-ring (bicyclic) bond motifs is 1. The number of nitrogens with one attached hydrogen (secondary N) is 1. The predicted octanol–water partition coefficient (Wildman–Crippen LogP) is 4.76. The van der Waals surface area contributed by atoms with E-state index in [2.05, 4.69) is 20.3 Å². The van der Waals surface area contributed by atoms with E-state index in [4.69, 9.17) is 14.2 Å². The minimum atomic E-state index is -0.251. The normalized spacial score (nSPS) is 12.2. The van der Waals surface area contributed by atoms with Gasteiger partial charge >= 0.3 is 0 Å². The number of benzene rings is 2. The van der Waals surface area contributed by atoms with E-state index in [0.717, 1.165) is 17.0 Å². The molecule has 1 amide bonds. The summed E-state index contributed by atoms with van der Waals surface area (Å²) in [6.07, 6.45) is 4.91. The highest BCUT2D eigenvalue weighted by Gasteiger charge is 2.13. The molecule has 0 unspecified atom stereocenters. The second kappa shape index (κ2) is 9.30. The summed E-state index contributed by atoms with van der Waals surface area (Å²) in [5, 5.41) is 2.83. The molecule has 1 aliphatic rings. The summed E-state index contributed by atoms with van der Waals surface area (Å²) in [6.45, 7) is 5.96. The van der Waals surface area contributed by atoms with Gasteiger partial charge in [0.1, 0.15) is 23.7 Å². The van der Waals surface area contributed by atoms with Gasteiger partial charge in [-0.05, 0) is 68.8 Å². The molecule has 0 aliphatic carbocycles. The summed E-state index contributed by atoms with van der Waals surface area (Å²) >= 11 is 0. The molecule has 1 aliphatic heterocycles. The molecular weight excluding hydrogens is 446 g/mol. The molecule has 0 atom stereocenters. The van der Waals surface area contributed by atoms with Crippen LogP contribution >= 0.6 is 0 Å². The first kappa shape index (κ1) is 22.1. The average molecular weight is 470 g/mol. The van der Waals surface area contributed by atoms with Crippen molar-refractivity contribution in [1.82, 2.24) is 19.5 Å². The van der Waals surface area contributed by atoms with E-state index in [1.165, 1.54) is 6.08 Å². The number of nitrogens with zero attached hydrogens (tertiary/aromatic N) is 4. The van der Waals surface area contributed by atoms with Gasteiger partial charge in [-0.1, -0.05) is 6.07 Å². The lowest BCUT2D eigenvalue weighted by Gasteiger charge is -2.10. The van der Waals surface area contributed by atoms with Crippen LogP contribution < -0.4 is 19.5 Å². The Labute approximate surface area is 202 Å². The summed E-state index contributed by atoms with van der Waals surface area (Å²) in [7, 11) is 0. The molecule has 0 spiro atoms. The van der Waals surface area contributed by atoms with Crippen molar-refractivity contribution < 1.29 is 19.0 Å². The van der Waals surface area contributed by atoms with Crippen molar-refractivity contribution >= 4 is 17.7 Å². The molecule has 4 aromatic rings. The van der Waals surface area contributed by atoms with Gasteiger partial charge in [0.25, 0.3) is 0 Å². The SMILES string of the molecule is Cc1nc(Oc2ccc(NC(=O)/C=C/c3ccc4c(c3)OCO4)cc2)cc(-n2cnc(C)c2C)n1. The molecule has 1 N–H and O–H groups in total. The summed E-state index contributed by atoms with van der Waals surface area (Å²) < 4.78 is 18.5. The van der Waals surface area contributed by atoms with Crippen LogP contribution in [0.15, 0.2) is 60.9 Å². The third kappa shape index (κ3) is 4.98. The molecule has 5 rings (SSSR count). The van der Waals surface area contributed by atoms with Gasteiger partial charge in [-0.2, -0.15) is 4.98 Å². The maximum absolute atomic E-state index is 12.3. The zero-order valence-electron chi connectivity index (χ0n) is 19.5. The molecule has 0 fully saturated rings. The fraction of sp³-hybridized carbons (Fsp3) is 0.154. The zero-order chi connectivity index (χ0) is 24.4. The molecule has 35 heavy (non-hydrogen) atoms. The fourth-order valence-corrected chi connectivity index (χ4v) is 3.53. The minimum absolute atomic E-state index is 0.213. The topological polar surface area (TPSA) is 100 Å². The van der Waals surface area contributed by atoms with Crippen molar-refractivity contribution in [2.24, 2.45) is 0 Å². The minimum Gasteiger partial charge on any atom is -0.454 e. The monoisotopic (exact) mass is 469 g/mol. The first-order valence-electron chi connectivity index (χ1n) is 11.0. The maximum atomic E-state index is 12.3. The number of rotatable bonds is 6. The Morgan fingerprint density at radius 3 is 2.60 bits per heavy atom. The van der Waals surface area contributed by atoms with Gasteiger partial charge in [0.2, 0.25) is 18.6 Å². The first-order valence-corrected chi connectivity index (χ1v) is 11.0. The molecule has 0 bridgehead atoms. The number of aromatic nitrogens is 4. The van der Waals surface area contributed by atoms with Crippen molar-refractivity contribution in [2.45, 2.75) is 20.8 Å². The molecule has 9 heteroatoms. The van der Waals surface area contributed by atoms with Gasteiger partial charge < -0.3 is 19.5 Å². The van der Waals surface area contributed by atoms with Crippen molar-refractivity contribution in [2.75, 3.05) is 12.1 Å². The van der Waals surface area contributed by atoms with E-state index in [0.29, 0.717) is 40.5 Å². The molecular formula is C26H23N5O4. The number of ether oxygens (including phenoxy) is 3. The van der Waals surface area contributed by atoms with Gasteiger partial charge in [-0.15, -0.1) is 0 Å². The van der Waals surface area contributed by atoms with Crippen LogP contribution in [0, 0.1) is 20.8 Å². The molecule has 3 heterocycles. The Morgan fingerprint density at radius 1 is 1.03 bits per heavy atom. The Morgan fingerprint density at radius 2 is 1.83 bits per heavy atom. The van der Waals surface area contributed by atoms with Crippen LogP contribution in [0.5, 0.6) is 23.1 Å². The van der Waals surface area contributed by atoms with E-state index in [1.54, 1.807) is 42.7 Å². The number of carbonyl (C=O) groups excluding carboxylic acids is 1. The van der Waals surface area contributed by atoms with Crippen LogP contribution in [0.4, 0.5) is 5.69 Å². The van der Waals surface area contributed by atoms with E-state index in [9.17, 15) is 4.79 Å². The van der Waals surface area contributed by atoms with E-state index in [1.807, 2.05) is 43.5 Å². The van der Waals surface area contributed by atoms with E-state index >= 15 is 0 Å². The number of amides is 1. The van der Waals surface area contributed by atoms with Crippen LogP contribution in [0.3, 0.4) is 0 Å². The number of carbonyl (C=O) groups is 1. The Bertz CT molecular complexity index is 1430. The molecule has 176 valence electrons. The highest BCUT2D eigenvalue weighted by molar-refractivity contribution is 6.02. The zero-order valence-corrected chi connectivity index (χ0v) is 19.5. The number of anilines is 1. The number of hydrogen-bond acceptors (Lipinski definition) is 7. The van der Waals surface area contributed by atoms with E-state index < -0.39 is 0 Å². The van der Waals surface area contributed by atoms with Crippen molar-refractivity contribution in [3.05, 3.63) is 83.7 Å². The number of hydrogen-bond donors (Lipinski definition) is 1. The highest BCUT2D eigenvalue weighted by atomic mass is 16.7. The van der Waals surface area contributed by atoms with Gasteiger partial charge in [-0.3, -0.25) is 9.36 Å². The molecule has 2 aromatic carbocycles. The fourth-order valence-electron chi connectivity index (χ4n) is 3.53. The lowest BCUT2D eigenvalue weighted by molar-refractivity contribution is -0.111. The molecule has 2 aromatic heterocycles. The number of aryl methyl sites for hydroxylation is 2.